The third-order valence-corrected chi connectivity index (χ3v) is 2.93. The minimum atomic E-state index is 0.265. The van der Waals surface area contributed by atoms with Gasteiger partial charge in [-0.2, -0.15) is 0 Å². The SMILES string of the molecule is COc1ccc2sc(/C=C(/C)O)nc2c1. The standard InChI is InChI=1S/C11H11NO2S/c1-7(13)5-11-12-9-6-8(14-2)3-4-10(9)15-11/h3-6,13H,1-2H3/b7-5-. The van der Waals surface area contributed by atoms with Crippen LogP contribution in [0.4, 0.5) is 0 Å². The number of thiazole rings is 1. The van der Waals surface area contributed by atoms with Gasteiger partial charge in [0, 0.05) is 12.1 Å². The van der Waals surface area contributed by atoms with Crippen molar-refractivity contribution in [3.63, 3.8) is 0 Å². The Kier molecular flexibility index (Phi) is 2.60. The molecule has 0 bridgehead atoms. The first kappa shape index (κ1) is 9.98. The predicted octanol–water partition coefficient (Wildman–Crippen LogP) is 3.22. The Morgan fingerprint density at radius 3 is 3.00 bits per heavy atom. The maximum Gasteiger partial charge on any atom is 0.121 e. The van der Waals surface area contributed by atoms with Crippen molar-refractivity contribution in [3.05, 3.63) is 29.0 Å². The fraction of sp³-hybridized carbons (Fsp3) is 0.182. The van der Waals surface area contributed by atoms with Gasteiger partial charge in [0.2, 0.25) is 0 Å². The molecule has 0 radical (unpaired) electrons. The molecule has 2 rings (SSSR count). The van der Waals surface area contributed by atoms with Gasteiger partial charge in [-0.15, -0.1) is 11.3 Å². The van der Waals surface area contributed by atoms with Crippen molar-refractivity contribution in [2.75, 3.05) is 7.11 Å². The molecule has 1 N–H and O–H groups in total. The lowest BCUT2D eigenvalue weighted by Crippen LogP contribution is -1.80. The van der Waals surface area contributed by atoms with Crippen LogP contribution in [0.3, 0.4) is 0 Å². The largest absolute Gasteiger partial charge is 0.513 e. The van der Waals surface area contributed by atoms with E-state index in [-0.39, 0.29) is 5.76 Å². The second kappa shape index (κ2) is 3.90. The maximum atomic E-state index is 9.13. The first-order chi connectivity index (χ1) is 7.19. The number of ether oxygens (including phenoxy) is 1. The monoisotopic (exact) mass is 221 g/mol. The molecule has 3 nitrogen and oxygen atoms in total. The smallest absolute Gasteiger partial charge is 0.121 e. The van der Waals surface area contributed by atoms with Crippen LogP contribution >= 0.6 is 11.3 Å². The molecule has 0 aliphatic rings. The molecule has 0 fully saturated rings. The molecule has 0 amide bonds. The van der Waals surface area contributed by atoms with Crippen molar-refractivity contribution in [1.82, 2.24) is 4.98 Å². The quantitative estimate of drug-likeness (QED) is 0.792. The lowest BCUT2D eigenvalue weighted by atomic mass is 10.3. The van der Waals surface area contributed by atoms with Crippen molar-refractivity contribution in [1.29, 1.82) is 0 Å². The van der Waals surface area contributed by atoms with Crippen LogP contribution in [0.15, 0.2) is 24.0 Å². The van der Waals surface area contributed by atoms with E-state index in [2.05, 4.69) is 4.98 Å². The molecule has 0 atom stereocenters. The topological polar surface area (TPSA) is 42.4 Å². The fourth-order valence-corrected chi connectivity index (χ4v) is 2.24. The second-order valence-corrected chi connectivity index (χ2v) is 4.23. The number of aliphatic hydroxyl groups is 1. The summed E-state index contributed by atoms with van der Waals surface area (Å²) in [5, 5.41) is 9.94. The molecule has 1 aromatic heterocycles. The van der Waals surface area contributed by atoms with Gasteiger partial charge in [0.05, 0.1) is 23.1 Å². The Bertz CT molecular complexity index is 512. The van der Waals surface area contributed by atoms with Crippen LogP contribution < -0.4 is 4.74 Å². The zero-order chi connectivity index (χ0) is 10.8. The Morgan fingerprint density at radius 2 is 2.33 bits per heavy atom. The summed E-state index contributed by atoms with van der Waals surface area (Å²) in [6.07, 6.45) is 1.65. The molecule has 1 aromatic carbocycles. The van der Waals surface area contributed by atoms with Crippen LogP contribution in [0.2, 0.25) is 0 Å². The van der Waals surface area contributed by atoms with Crippen LogP contribution in [0.1, 0.15) is 11.9 Å². The summed E-state index contributed by atoms with van der Waals surface area (Å²) in [6, 6.07) is 5.76. The van der Waals surface area contributed by atoms with E-state index < -0.39 is 0 Å². The van der Waals surface area contributed by atoms with Crippen LogP contribution in [0.5, 0.6) is 5.75 Å². The molecule has 0 unspecified atom stereocenters. The van der Waals surface area contributed by atoms with Gasteiger partial charge in [0.25, 0.3) is 0 Å². The van der Waals surface area contributed by atoms with Crippen molar-refractivity contribution < 1.29 is 9.84 Å². The number of allylic oxidation sites excluding steroid dienone is 1. The summed E-state index contributed by atoms with van der Waals surface area (Å²) in [7, 11) is 1.63. The molecule has 0 aliphatic heterocycles. The molecular weight excluding hydrogens is 210 g/mol. The molecule has 78 valence electrons. The van der Waals surface area contributed by atoms with E-state index in [9.17, 15) is 0 Å². The molecule has 0 spiro atoms. The summed E-state index contributed by atoms with van der Waals surface area (Å²) >= 11 is 1.54. The van der Waals surface area contributed by atoms with Crippen LogP contribution in [-0.4, -0.2) is 17.2 Å². The van der Waals surface area contributed by atoms with Crippen molar-refractivity contribution in [2.45, 2.75) is 6.92 Å². The number of aromatic nitrogens is 1. The molecule has 2 aromatic rings. The summed E-state index contributed by atoms with van der Waals surface area (Å²) in [4.78, 5) is 4.36. The zero-order valence-corrected chi connectivity index (χ0v) is 9.34. The Labute approximate surface area is 91.7 Å². The first-order valence-corrected chi connectivity index (χ1v) is 5.32. The molecule has 0 saturated heterocycles. The maximum absolute atomic E-state index is 9.13. The molecule has 15 heavy (non-hydrogen) atoms. The Balaban J connectivity index is 2.51. The number of rotatable bonds is 2. The van der Waals surface area contributed by atoms with E-state index in [4.69, 9.17) is 9.84 Å². The normalized spacial score (nSPS) is 12.0. The van der Waals surface area contributed by atoms with Gasteiger partial charge in [0.15, 0.2) is 0 Å². The van der Waals surface area contributed by atoms with E-state index in [1.54, 1.807) is 31.4 Å². The molecule has 0 aliphatic carbocycles. The number of benzene rings is 1. The van der Waals surface area contributed by atoms with Crippen LogP contribution in [0, 0.1) is 0 Å². The molecule has 0 saturated carbocycles. The van der Waals surface area contributed by atoms with Gasteiger partial charge in [0.1, 0.15) is 10.8 Å². The third kappa shape index (κ3) is 2.10. The molecule has 1 heterocycles. The van der Waals surface area contributed by atoms with E-state index >= 15 is 0 Å². The summed E-state index contributed by atoms with van der Waals surface area (Å²) in [6.45, 7) is 1.63. The van der Waals surface area contributed by atoms with Crippen molar-refractivity contribution in [2.24, 2.45) is 0 Å². The van der Waals surface area contributed by atoms with Gasteiger partial charge in [-0.05, 0) is 19.1 Å². The van der Waals surface area contributed by atoms with Gasteiger partial charge < -0.3 is 9.84 Å². The summed E-state index contributed by atoms with van der Waals surface area (Å²) in [5.74, 6) is 1.06. The lowest BCUT2D eigenvalue weighted by Gasteiger charge is -1.96. The highest BCUT2D eigenvalue weighted by molar-refractivity contribution is 7.19. The molecular formula is C11H11NO2S. The number of aliphatic hydroxyl groups excluding tert-OH is 1. The highest BCUT2D eigenvalue weighted by Crippen LogP contribution is 2.26. The average Bonchev–Trinajstić information content (AvgIpc) is 2.57. The lowest BCUT2D eigenvalue weighted by molar-refractivity contribution is 0.415. The van der Waals surface area contributed by atoms with Crippen molar-refractivity contribution >= 4 is 27.6 Å². The zero-order valence-electron chi connectivity index (χ0n) is 8.52. The number of nitrogens with zero attached hydrogens (tertiary/aromatic N) is 1. The number of hydrogen-bond acceptors (Lipinski definition) is 4. The molecule has 4 heteroatoms. The third-order valence-electron chi connectivity index (χ3n) is 1.94. The minimum Gasteiger partial charge on any atom is -0.513 e. The number of methoxy groups -OCH3 is 1. The summed E-state index contributed by atoms with van der Waals surface area (Å²) in [5.41, 5.74) is 0.895. The van der Waals surface area contributed by atoms with Gasteiger partial charge in [-0.25, -0.2) is 4.98 Å². The predicted molar refractivity (Wildman–Crippen MR) is 62.5 cm³/mol. The highest BCUT2D eigenvalue weighted by Gasteiger charge is 2.03. The van der Waals surface area contributed by atoms with Crippen LogP contribution in [-0.2, 0) is 0 Å². The van der Waals surface area contributed by atoms with Gasteiger partial charge >= 0.3 is 0 Å². The van der Waals surface area contributed by atoms with Crippen LogP contribution in [0.25, 0.3) is 16.3 Å². The Hall–Kier alpha value is -1.55. The average molecular weight is 221 g/mol. The second-order valence-electron chi connectivity index (χ2n) is 3.17. The minimum absolute atomic E-state index is 0.265. The number of hydrogen-bond donors (Lipinski definition) is 1. The Morgan fingerprint density at radius 1 is 1.53 bits per heavy atom. The van der Waals surface area contributed by atoms with E-state index in [0.29, 0.717) is 0 Å². The van der Waals surface area contributed by atoms with E-state index in [1.807, 2.05) is 18.2 Å². The van der Waals surface area contributed by atoms with E-state index in [1.165, 1.54) is 0 Å². The van der Waals surface area contributed by atoms with Crippen molar-refractivity contribution in [3.8, 4) is 5.75 Å². The van der Waals surface area contributed by atoms with E-state index in [0.717, 1.165) is 21.0 Å². The fourth-order valence-electron chi connectivity index (χ4n) is 1.29. The van der Waals surface area contributed by atoms with Gasteiger partial charge in [-0.1, -0.05) is 0 Å². The number of fused-ring (bicyclic) bond motifs is 1. The first-order valence-electron chi connectivity index (χ1n) is 4.51. The summed E-state index contributed by atoms with van der Waals surface area (Å²) < 4.78 is 6.20. The van der Waals surface area contributed by atoms with Gasteiger partial charge in [-0.3, -0.25) is 0 Å². The highest BCUT2D eigenvalue weighted by atomic mass is 32.1.